The van der Waals surface area contributed by atoms with Crippen LogP contribution in [0.5, 0.6) is 0 Å². The van der Waals surface area contributed by atoms with E-state index in [1.165, 1.54) is 6.07 Å². The van der Waals surface area contributed by atoms with Crippen molar-refractivity contribution in [3.63, 3.8) is 0 Å². The first-order chi connectivity index (χ1) is 9.21. The first-order valence-electron chi connectivity index (χ1n) is 5.60. The third kappa shape index (κ3) is 2.58. The van der Waals surface area contributed by atoms with Crippen LogP contribution >= 0.6 is 11.6 Å². The van der Waals surface area contributed by atoms with Crippen LogP contribution in [0.3, 0.4) is 0 Å². The van der Waals surface area contributed by atoms with Gasteiger partial charge in [-0.05, 0) is 12.1 Å². The first-order valence-corrected chi connectivity index (χ1v) is 5.98. The monoisotopic (exact) mass is 307 g/mol. The highest BCUT2D eigenvalue weighted by molar-refractivity contribution is 6.34. The fourth-order valence-electron chi connectivity index (χ4n) is 2.05. The number of benzene rings is 1. The summed E-state index contributed by atoms with van der Waals surface area (Å²) in [6, 6.07) is 3.20. The third-order valence-corrected chi connectivity index (χ3v) is 3.45. The number of halogens is 4. The van der Waals surface area contributed by atoms with Crippen molar-refractivity contribution >= 4 is 29.2 Å². The normalized spacial score (nSPS) is 19.5. The molecular formula is C12H9ClF3NO3. The quantitative estimate of drug-likeness (QED) is 0.914. The van der Waals surface area contributed by atoms with E-state index in [1.807, 2.05) is 0 Å². The summed E-state index contributed by atoms with van der Waals surface area (Å²) in [7, 11) is 0. The molecule has 0 saturated carbocycles. The molecule has 0 radical (unpaired) electrons. The van der Waals surface area contributed by atoms with Crippen molar-refractivity contribution < 1.29 is 27.9 Å². The predicted molar refractivity (Wildman–Crippen MR) is 64.5 cm³/mol. The molecule has 0 bridgehead atoms. The molecule has 1 aliphatic heterocycles. The lowest BCUT2D eigenvalue weighted by Crippen LogP contribution is -2.26. The molecule has 1 aromatic carbocycles. The molecule has 1 amide bonds. The number of carbonyl (C=O) groups is 2. The molecule has 1 fully saturated rings. The minimum absolute atomic E-state index is 0.116. The zero-order valence-corrected chi connectivity index (χ0v) is 10.7. The summed E-state index contributed by atoms with van der Waals surface area (Å²) < 4.78 is 38.2. The Hall–Kier alpha value is -1.76. The van der Waals surface area contributed by atoms with Gasteiger partial charge in [-0.15, -0.1) is 0 Å². The molecule has 1 unspecified atom stereocenters. The number of carbonyl (C=O) groups excluding carboxylic acids is 1. The summed E-state index contributed by atoms with van der Waals surface area (Å²) in [6.45, 7) is -0.185. The summed E-state index contributed by atoms with van der Waals surface area (Å²) in [5.74, 6) is -2.66. The zero-order chi connectivity index (χ0) is 15.1. The summed E-state index contributed by atoms with van der Waals surface area (Å²) in [5, 5.41) is 8.26. The number of amides is 1. The largest absolute Gasteiger partial charge is 0.481 e. The smallest absolute Gasteiger partial charge is 0.417 e. The van der Waals surface area contributed by atoms with Crippen LogP contribution in [-0.4, -0.2) is 23.5 Å². The molecule has 0 spiro atoms. The Morgan fingerprint density at radius 2 is 2.05 bits per heavy atom. The summed E-state index contributed by atoms with van der Waals surface area (Å²) in [5.41, 5.74) is -1.17. The Morgan fingerprint density at radius 3 is 2.55 bits per heavy atom. The van der Waals surface area contributed by atoms with Crippen LogP contribution in [0.2, 0.25) is 5.02 Å². The van der Waals surface area contributed by atoms with Gasteiger partial charge >= 0.3 is 12.1 Å². The number of anilines is 1. The van der Waals surface area contributed by atoms with E-state index in [9.17, 15) is 22.8 Å². The standard InChI is InChI=1S/C12H9ClF3NO3/c13-10-7(12(14,15)16)2-1-3-8(10)17-5-6(11(19)20)4-9(17)18/h1-3,6H,4-5H2,(H,19,20). The summed E-state index contributed by atoms with van der Waals surface area (Å²) in [6.07, 6.45) is -4.88. The lowest BCUT2D eigenvalue weighted by Gasteiger charge is -2.20. The van der Waals surface area contributed by atoms with E-state index in [4.69, 9.17) is 16.7 Å². The number of hydrogen-bond donors (Lipinski definition) is 1. The van der Waals surface area contributed by atoms with Gasteiger partial charge in [-0.25, -0.2) is 0 Å². The van der Waals surface area contributed by atoms with Crippen LogP contribution in [-0.2, 0) is 15.8 Å². The highest BCUT2D eigenvalue weighted by atomic mass is 35.5. The van der Waals surface area contributed by atoms with Crippen LogP contribution < -0.4 is 4.90 Å². The third-order valence-electron chi connectivity index (χ3n) is 3.05. The second-order valence-electron chi connectivity index (χ2n) is 4.38. The van der Waals surface area contributed by atoms with Crippen LogP contribution in [0, 0.1) is 5.92 Å². The average molecular weight is 308 g/mol. The molecular weight excluding hydrogens is 299 g/mol. The van der Waals surface area contributed by atoms with Gasteiger partial charge in [0.15, 0.2) is 0 Å². The van der Waals surface area contributed by atoms with E-state index in [0.29, 0.717) is 0 Å². The minimum atomic E-state index is -4.64. The number of carboxylic acid groups (broad SMARTS) is 1. The Balaban J connectivity index is 2.40. The van der Waals surface area contributed by atoms with Crippen LogP contribution in [0.15, 0.2) is 18.2 Å². The van der Waals surface area contributed by atoms with E-state index >= 15 is 0 Å². The highest BCUT2D eigenvalue weighted by Crippen LogP contribution is 2.40. The van der Waals surface area contributed by atoms with E-state index in [2.05, 4.69) is 0 Å². The summed E-state index contributed by atoms with van der Waals surface area (Å²) >= 11 is 5.70. The number of nitrogens with zero attached hydrogens (tertiary/aromatic N) is 1. The van der Waals surface area contributed by atoms with Gasteiger partial charge in [0.05, 0.1) is 22.2 Å². The van der Waals surface area contributed by atoms with Crippen molar-refractivity contribution in [2.45, 2.75) is 12.6 Å². The maximum Gasteiger partial charge on any atom is 0.417 e. The number of alkyl halides is 3. The molecule has 108 valence electrons. The number of hydrogen-bond acceptors (Lipinski definition) is 2. The van der Waals surface area contributed by atoms with Gasteiger partial charge in [0, 0.05) is 13.0 Å². The van der Waals surface area contributed by atoms with Crippen molar-refractivity contribution in [3.8, 4) is 0 Å². The number of aliphatic carboxylic acids is 1. The Labute approximate surface area is 116 Å². The molecule has 1 saturated heterocycles. The van der Waals surface area contributed by atoms with Gasteiger partial charge < -0.3 is 10.0 Å². The second kappa shape index (κ2) is 4.97. The van der Waals surface area contributed by atoms with Crippen LogP contribution in [0.1, 0.15) is 12.0 Å². The fourth-order valence-corrected chi connectivity index (χ4v) is 2.39. The van der Waals surface area contributed by atoms with Crippen molar-refractivity contribution in [2.75, 3.05) is 11.4 Å². The molecule has 2 rings (SSSR count). The predicted octanol–water partition coefficient (Wildman–Crippen LogP) is 2.80. The Kier molecular flexibility index (Phi) is 3.64. The Morgan fingerprint density at radius 1 is 1.40 bits per heavy atom. The van der Waals surface area contributed by atoms with Crippen LogP contribution in [0.4, 0.5) is 18.9 Å². The highest BCUT2D eigenvalue weighted by Gasteiger charge is 2.39. The number of rotatable bonds is 2. The molecule has 8 heteroatoms. The van der Waals surface area contributed by atoms with E-state index < -0.39 is 34.6 Å². The second-order valence-corrected chi connectivity index (χ2v) is 4.76. The van der Waals surface area contributed by atoms with Crippen molar-refractivity contribution in [2.24, 2.45) is 5.92 Å². The van der Waals surface area contributed by atoms with Gasteiger partial charge in [-0.1, -0.05) is 17.7 Å². The van der Waals surface area contributed by atoms with Gasteiger partial charge in [0.1, 0.15) is 0 Å². The van der Waals surface area contributed by atoms with Gasteiger partial charge in [-0.3, -0.25) is 9.59 Å². The average Bonchev–Trinajstić information content (AvgIpc) is 2.70. The molecule has 1 aliphatic rings. The fraction of sp³-hybridized carbons (Fsp3) is 0.333. The molecule has 1 N–H and O–H groups in total. The van der Waals surface area contributed by atoms with Crippen molar-refractivity contribution in [1.82, 2.24) is 0 Å². The van der Waals surface area contributed by atoms with Gasteiger partial charge in [0.25, 0.3) is 0 Å². The topological polar surface area (TPSA) is 57.6 Å². The molecule has 1 atom stereocenters. The molecule has 0 aliphatic carbocycles. The van der Waals surface area contributed by atoms with E-state index in [0.717, 1.165) is 17.0 Å². The zero-order valence-electron chi connectivity index (χ0n) is 9.95. The summed E-state index contributed by atoms with van der Waals surface area (Å²) in [4.78, 5) is 23.6. The molecule has 0 aromatic heterocycles. The number of carboxylic acids is 1. The molecule has 1 heterocycles. The first kappa shape index (κ1) is 14.6. The van der Waals surface area contributed by atoms with Gasteiger partial charge in [0.2, 0.25) is 5.91 Å². The lowest BCUT2D eigenvalue weighted by atomic mass is 10.1. The van der Waals surface area contributed by atoms with Crippen molar-refractivity contribution in [1.29, 1.82) is 0 Å². The minimum Gasteiger partial charge on any atom is -0.481 e. The Bertz CT molecular complexity index is 574. The SMILES string of the molecule is O=C(O)C1CC(=O)N(c2cccc(C(F)(F)F)c2Cl)C1. The molecule has 1 aromatic rings. The molecule has 4 nitrogen and oxygen atoms in total. The lowest BCUT2D eigenvalue weighted by molar-refractivity contribution is -0.141. The molecule has 20 heavy (non-hydrogen) atoms. The van der Waals surface area contributed by atoms with E-state index in [1.54, 1.807) is 0 Å². The van der Waals surface area contributed by atoms with E-state index in [-0.39, 0.29) is 18.7 Å². The maximum atomic E-state index is 12.7. The maximum absolute atomic E-state index is 12.7. The van der Waals surface area contributed by atoms with Crippen molar-refractivity contribution in [3.05, 3.63) is 28.8 Å². The van der Waals surface area contributed by atoms with Crippen LogP contribution in [0.25, 0.3) is 0 Å². The van der Waals surface area contributed by atoms with Gasteiger partial charge in [-0.2, -0.15) is 13.2 Å².